The normalized spacial score (nSPS) is 8.90. The topological polar surface area (TPSA) is 17.2 Å². The lowest BCUT2D eigenvalue weighted by Gasteiger charge is -1.93. The summed E-state index contributed by atoms with van der Waals surface area (Å²) in [6.45, 7) is 8.49. The average Bonchev–Trinajstić information content (AvgIpc) is 1.88. The van der Waals surface area contributed by atoms with Crippen LogP contribution in [0.25, 0.3) is 4.85 Å². The van der Waals surface area contributed by atoms with Gasteiger partial charge in [-0.15, -0.1) is 0 Å². The first-order valence-corrected chi connectivity index (χ1v) is 3.12. The van der Waals surface area contributed by atoms with E-state index >= 15 is 0 Å². The predicted octanol–water partition coefficient (Wildman–Crippen LogP) is 2.59. The molecule has 1 aromatic rings. The van der Waals surface area contributed by atoms with Crippen LogP contribution in [0.3, 0.4) is 0 Å². The van der Waals surface area contributed by atoms with Crippen molar-refractivity contribution in [3.05, 3.63) is 34.4 Å². The molecule has 1 aromatic heterocycles. The SMILES string of the molecule is [C-]#[N+]c1ccc(C)nc1Cl. The summed E-state index contributed by atoms with van der Waals surface area (Å²) in [6, 6.07) is 3.43. The number of pyridine rings is 1. The van der Waals surface area contributed by atoms with Crippen molar-refractivity contribution in [2.75, 3.05) is 0 Å². The first kappa shape index (κ1) is 7.04. The van der Waals surface area contributed by atoms with Crippen LogP contribution in [0, 0.1) is 13.5 Å². The first-order chi connectivity index (χ1) is 4.74. The van der Waals surface area contributed by atoms with E-state index in [2.05, 4.69) is 9.83 Å². The van der Waals surface area contributed by atoms with Crippen LogP contribution in [-0.2, 0) is 0 Å². The minimum Gasteiger partial charge on any atom is -0.253 e. The van der Waals surface area contributed by atoms with Gasteiger partial charge in [-0.1, -0.05) is 23.7 Å². The molecular formula is C7H5ClN2. The van der Waals surface area contributed by atoms with Gasteiger partial charge in [-0.3, -0.25) is 4.98 Å². The van der Waals surface area contributed by atoms with E-state index < -0.39 is 0 Å². The zero-order chi connectivity index (χ0) is 7.56. The van der Waals surface area contributed by atoms with Gasteiger partial charge in [-0.25, -0.2) is 4.85 Å². The Hall–Kier alpha value is -1.07. The van der Waals surface area contributed by atoms with Gasteiger partial charge < -0.3 is 0 Å². The summed E-state index contributed by atoms with van der Waals surface area (Å²) >= 11 is 5.60. The number of nitrogens with zero attached hydrogens (tertiary/aromatic N) is 2. The molecule has 1 rings (SSSR count). The van der Waals surface area contributed by atoms with E-state index in [1.54, 1.807) is 12.1 Å². The van der Waals surface area contributed by atoms with Gasteiger partial charge in [0, 0.05) is 5.69 Å². The zero-order valence-corrected chi connectivity index (χ0v) is 6.18. The van der Waals surface area contributed by atoms with Gasteiger partial charge in [-0.2, -0.15) is 0 Å². The van der Waals surface area contributed by atoms with Crippen LogP contribution in [0.4, 0.5) is 5.69 Å². The van der Waals surface area contributed by atoms with Crippen molar-refractivity contribution < 1.29 is 0 Å². The molecule has 0 fully saturated rings. The second-order valence-electron chi connectivity index (χ2n) is 1.87. The van der Waals surface area contributed by atoms with E-state index in [1.165, 1.54) is 0 Å². The maximum absolute atomic E-state index is 6.66. The summed E-state index contributed by atoms with van der Waals surface area (Å²) in [4.78, 5) is 7.06. The molecule has 0 saturated heterocycles. The fourth-order valence-corrected chi connectivity index (χ4v) is 0.840. The molecule has 1 heterocycles. The van der Waals surface area contributed by atoms with E-state index in [9.17, 15) is 0 Å². The molecule has 10 heavy (non-hydrogen) atoms. The van der Waals surface area contributed by atoms with Crippen LogP contribution in [-0.4, -0.2) is 4.98 Å². The molecule has 3 heteroatoms. The Kier molecular flexibility index (Phi) is 1.88. The van der Waals surface area contributed by atoms with Gasteiger partial charge in [0.25, 0.3) is 0 Å². The van der Waals surface area contributed by atoms with Crippen molar-refractivity contribution in [3.8, 4) is 0 Å². The first-order valence-electron chi connectivity index (χ1n) is 2.74. The zero-order valence-electron chi connectivity index (χ0n) is 5.43. The Morgan fingerprint density at radius 1 is 1.60 bits per heavy atom. The van der Waals surface area contributed by atoms with Crippen molar-refractivity contribution in [3.63, 3.8) is 0 Å². The van der Waals surface area contributed by atoms with E-state index in [4.69, 9.17) is 18.2 Å². The summed E-state index contributed by atoms with van der Waals surface area (Å²) in [5.41, 5.74) is 1.24. The Balaban J connectivity index is 3.23. The van der Waals surface area contributed by atoms with E-state index in [0.717, 1.165) is 5.69 Å². The third kappa shape index (κ3) is 1.26. The maximum atomic E-state index is 6.66. The molecule has 0 N–H and O–H groups in total. The number of aromatic nitrogens is 1. The molecule has 0 saturated carbocycles. The third-order valence-corrected chi connectivity index (χ3v) is 1.37. The molecule has 0 aliphatic heterocycles. The lowest BCUT2D eigenvalue weighted by atomic mass is 10.3. The highest BCUT2D eigenvalue weighted by molar-refractivity contribution is 6.32. The maximum Gasteiger partial charge on any atom is 0.223 e. The molecule has 0 spiro atoms. The van der Waals surface area contributed by atoms with Crippen molar-refractivity contribution in [1.29, 1.82) is 0 Å². The molecule has 0 aromatic carbocycles. The van der Waals surface area contributed by atoms with Crippen LogP contribution in [0.5, 0.6) is 0 Å². The van der Waals surface area contributed by atoms with Crippen molar-refractivity contribution in [2.45, 2.75) is 6.92 Å². The van der Waals surface area contributed by atoms with Crippen molar-refractivity contribution in [2.24, 2.45) is 0 Å². The van der Waals surface area contributed by atoms with Crippen molar-refractivity contribution >= 4 is 17.3 Å². The molecule has 0 amide bonds. The second kappa shape index (κ2) is 2.68. The summed E-state index contributed by atoms with van der Waals surface area (Å²) < 4.78 is 0. The highest BCUT2D eigenvalue weighted by atomic mass is 35.5. The van der Waals surface area contributed by atoms with Gasteiger partial charge in [0.15, 0.2) is 0 Å². The molecule has 0 unspecified atom stereocenters. The smallest absolute Gasteiger partial charge is 0.223 e. The Morgan fingerprint density at radius 3 is 2.80 bits per heavy atom. The molecule has 0 bridgehead atoms. The Morgan fingerprint density at radius 2 is 2.30 bits per heavy atom. The molecule has 0 radical (unpaired) electrons. The summed E-state index contributed by atoms with van der Waals surface area (Å²) in [6.07, 6.45) is 0. The van der Waals surface area contributed by atoms with Crippen LogP contribution in [0.1, 0.15) is 5.69 Å². The summed E-state index contributed by atoms with van der Waals surface area (Å²) in [7, 11) is 0. The highest BCUT2D eigenvalue weighted by Crippen LogP contribution is 2.21. The molecule has 2 nitrogen and oxygen atoms in total. The third-order valence-electron chi connectivity index (χ3n) is 1.09. The minimum atomic E-state index is 0.287. The molecular weight excluding hydrogens is 148 g/mol. The lowest BCUT2D eigenvalue weighted by Crippen LogP contribution is -1.78. The standard InChI is InChI=1S/C7H5ClN2/c1-5-3-4-6(9-2)7(8)10-5/h3-4H,1H3. The van der Waals surface area contributed by atoms with E-state index in [1.807, 2.05) is 6.92 Å². The minimum absolute atomic E-state index is 0.287. The summed E-state index contributed by atoms with van der Waals surface area (Å²) in [5.74, 6) is 0. The highest BCUT2D eigenvalue weighted by Gasteiger charge is 1.98. The summed E-state index contributed by atoms with van der Waals surface area (Å²) in [5, 5.41) is 0.287. The van der Waals surface area contributed by atoms with Gasteiger partial charge >= 0.3 is 0 Å². The Labute approximate surface area is 64.3 Å². The molecule has 0 aliphatic rings. The monoisotopic (exact) mass is 152 g/mol. The number of aryl methyl sites for hydroxylation is 1. The van der Waals surface area contributed by atoms with Crippen LogP contribution >= 0.6 is 11.6 Å². The predicted molar refractivity (Wildman–Crippen MR) is 40.2 cm³/mol. The number of hydrogen-bond acceptors (Lipinski definition) is 1. The van der Waals surface area contributed by atoms with E-state index in [-0.39, 0.29) is 5.15 Å². The average molecular weight is 153 g/mol. The second-order valence-corrected chi connectivity index (χ2v) is 2.23. The van der Waals surface area contributed by atoms with Crippen LogP contribution in [0.2, 0.25) is 5.15 Å². The van der Waals surface area contributed by atoms with Gasteiger partial charge in [0.2, 0.25) is 5.69 Å². The quantitative estimate of drug-likeness (QED) is 0.413. The van der Waals surface area contributed by atoms with Gasteiger partial charge in [0.05, 0.1) is 6.57 Å². The van der Waals surface area contributed by atoms with Gasteiger partial charge in [0.1, 0.15) is 5.15 Å². The van der Waals surface area contributed by atoms with Crippen molar-refractivity contribution in [1.82, 2.24) is 4.98 Å². The number of rotatable bonds is 0. The Bertz CT molecular complexity index is 288. The van der Waals surface area contributed by atoms with Crippen LogP contribution < -0.4 is 0 Å². The van der Waals surface area contributed by atoms with Gasteiger partial charge in [-0.05, 0) is 6.92 Å². The molecule has 0 atom stereocenters. The largest absolute Gasteiger partial charge is 0.253 e. The fourth-order valence-electron chi connectivity index (χ4n) is 0.601. The number of halogens is 1. The molecule has 50 valence electrons. The lowest BCUT2D eigenvalue weighted by molar-refractivity contribution is 1.21. The number of hydrogen-bond donors (Lipinski definition) is 0. The molecule has 0 aliphatic carbocycles. The fraction of sp³-hybridized carbons (Fsp3) is 0.143. The van der Waals surface area contributed by atoms with Crippen LogP contribution in [0.15, 0.2) is 12.1 Å². The van der Waals surface area contributed by atoms with E-state index in [0.29, 0.717) is 5.69 Å².